The molecular formula is C10H13N3O. The Labute approximate surface area is 82.8 Å². The second-order valence-corrected chi connectivity index (χ2v) is 3.04. The lowest BCUT2D eigenvalue weighted by molar-refractivity contribution is 0.284. The second-order valence-electron chi connectivity index (χ2n) is 3.04. The number of nitrogens with zero attached hydrogens (tertiary/aromatic N) is 3. The number of hydrogen-bond acceptors (Lipinski definition) is 2. The molecule has 0 saturated heterocycles. The van der Waals surface area contributed by atoms with Crippen LogP contribution in [0.15, 0.2) is 29.4 Å². The molecule has 0 fully saturated rings. The third-order valence-corrected chi connectivity index (χ3v) is 1.97. The molecule has 0 radical (unpaired) electrons. The molecule has 0 aromatic heterocycles. The Morgan fingerprint density at radius 1 is 1.21 bits per heavy atom. The molecule has 0 aliphatic rings. The first-order chi connectivity index (χ1) is 6.86. The van der Waals surface area contributed by atoms with Crippen LogP contribution in [-0.2, 0) is 6.42 Å². The molecule has 0 aliphatic carbocycles. The molecule has 1 N–H and O–H groups in total. The number of aryl methyl sites for hydroxylation is 1. The number of rotatable bonds is 5. The molecule has 74 valence electrons. The Kier molecular flexibility index (Phi) is 4.55. The molecule has 0 amide bonds. The summed E-state index contributed by atoms with van der Waals surface area (Å²) < 4.78 is 0. The Hall–Kier alpha value is -1.51. The minimum absolute atomic E-state index is 0.247. The topological polar surface area (TPSA) is 69.0 Å². The first kappa shape index (κ1) is 10.6. The summed E-state index contributed by atoms with van der Waals surface area (Å²) in [7, 11) is 0. The minimum Gasteiger partial charge on any atom is -0.396 e. The quantitative estimate of drug-likeness (QED) is 0.330. The first-order valence-electron chi connectivity index (χ1n) is 4.61. The fourth-order valence-corrected chi connectivity index (χ4v) is 1.22. The van der Waals surface area contributed by atoms with Crippen molar-refractivity contribution in [3.8, 4) is 0 Å². The van der Waals surface area contributed by atoms with Crippen molar-refractivity contribution < 1.29 is 5.11 Å². The third-order valence-electron chi connectivity index (χ3n) is 1.97. The van der Waals surface area contributed by atoms with Gasteiger partial charge in [0.05, 0.1) is 0 Å². The Balaban J connectivity index is 2.50. The van der Waals surface area contributed by atoms with Crippen LogP contribution in [-0.4, -0.2) is 11.7 Å². The monoisotopic (exact) mass is 191 g/mol. The number of aliphatic hydroxyl groups is 1. The Morgan fingerprint density at radius 3 is 2.50 bits per heavy atom. The average molecular weight is 191 g/mol. The van der Waals surface area contributed by atoms with E-state index >= 15 is 0 Å². The molecule has 0 unspecified atom stereocenters. The highest BCUT2D eigenvalue weighted by Gasteiger charge is 1.93. The van der Waals surface area contributed by atoms with Crippen molar-refractivity contribution in [2.24, 2.45) is 5.11 Å². The van der Waals surface area contributed by atoms with Gasteiger partial charge in [0.15, 0.2) is 0 Å². The Morgan fingerprint density at radius 2 is 1.93 bits per heavy atom. The molecular weight excluding hydrogens is 178 g/mol. The van der Waals surface area contributed by atoms with E-state index in [1.54, 1.807) is 12.1 Å². The summed E-state index contributed by atoms with van der Waals surface area (Å²) in [5.74, 6) is 0. The molecule has 1 aromatic rings. The summed E-state index contributed by atoms with van der Waals surface area (Å²) in [4.78, 5) is 2.70. The van der Waals surface area contributed by atoms with Gasteiger partial charge in [-0.05, 0) is 30.4 Å². The van der Waals surface area contributed by atoms with Crippen LogP contribution in [0.3, 0.4) is 0 Å². The predicted octanol–water partition coefficient (Wildman–Crippen LogP) is 2.94. The van der Waals surface area contributed by atoms with Gasteiger partial charge in [0.25, 0.3) is 0 Å². The van der Waals surface area contributed by atoms with E-state index in [1.165, 1.54) is 5.56 Å². The summed E-state index contributed by atoms with van der Waals surface area (Å²) in [6.07, 6.45) is 2.77. The van der Waals surface area contributed by atoms with Gasteiger partial charge in [-0.15, -0.1) is 0 Å². The standard InChI is InChI=1S/C10H13N3O/c11-13-12-10-6-4-9(5-7-10)3-1-2-8-14/h4-7,14H,1-3,8H2. The predicted molar refractivity (Wildman–Crippen MR) is 55.3 cm³/mol. The van der Waals surface area contributed by atoms with Gasteiger partial charge in [-0.3, -0.25) is 0 Å². The maximum Gasteiger partial charge on any atom is 0.0431 e. The lowest BCUT2D eigenvalue weighted by Gasteiger charge is -2.00. The lowest BCUT2D eigenvalue weighted by Crippen LogP contribution is -1.87. The average Bonchev–Trinajstić information content (AvgIpc) is 2.21. The zero-order valence-electron chi connectivity index (χ0n) is 7.93. The van der Waals surface area contributed by atoms with Gasteiger partial charge in [-0.2, -0.15) is 0 Å². The maximum atomic E-state index is 8.60. The molecule has 1 rings (SSSR count). The summed E-state index contributed by atoms with van der Waals surface area (Å²) in [5, 5.41) is 12.1. The van der Waals surface area contributed by atoms with Crippen LogP contribution in [0.1, 0.15) is 18.4 Å². The van der Waals surface area contributed by atoms with E-state index in [1.807, 2.05) is 12.1 Å². The van der Waals surface area contributed by atoms with Gasteiger partial charge in [-0.1, -0.05) is 29.4 Å². The van der Waals surface area contributed by atoms with E-state index in [-0.39, 0.29) is 6.61 Å². The molecule has 1 aromatic carbocycles. The van der Waals surface area contributed by atoms with Crippen LogP contribution in [0.4, 0.5) is 5.69 Å². The molecule has 4 heteroatoms. The van der Waals surface area contributed by atoms with Crippen LogP contribution in [0.25, 0.3) is 10.4 Å². The van der Waals surface area contributed by atoms with Crippen molar-refractivity contribution in [1.82, 2.24) is 0 Å². The van der Waals surface area contributed by atoms with Crippen molar-refractivity contribution in [1.29, 1.82) is 0 Å². The molecule has 0 saturated carbocycles. The van der Waals surface area contributed by atoms with Gasteiger partial charge < -0.3 is 5.11 Å². The largest absolute Gasteiger partial charge is 0.396 e. The van der Waals surface area contributed by atoms with E-state index in [2.05, 4.69) is 10.0 Å². The van der Waals surface area contributed by atoms with Gasteiger partial charge in [-0.25, -0.2) is 0 Å². The fraction of sp³-hybridized carbons (Fsp3) is 0.400. The van der Waals surface area contributed by atoms with Crippen molar-refractivity contribution >= 4 is 5.69 Å². The van der Waals surface area contributed by atoms with Crippen molar-refractivity contribution in [2.75, 3.05) is 6.61 Å². The van der Waals surface area contributed by atoms with Crippen LogP contribution >= 0.6 is 0 Å². The second kappa shape index (κ2) is 6.02. The van der Waals surface area contributed by atoms with E-state index < -0.39 is 0 Å². The van der Waals surface area contributed by atoms with Gasteiger partial charge in [0.2, 0.25) is 0 Å². The first-order valence-corrected chi connectivity index (χ1v) is 4.61. The number of benzene rings is 1. The molecule has 0 aliphatic heterocycles. The van der Waals surface area contributed by atoms with Crippen LogP contribution in [0.2, 0.25) is 0 Å². The molecule has 4 nitrogen and oxygen atoms in total. The number of unbranched alkanes of at least 4 members (excludes halogenated alkanes) is 1. The highest BCUT2D eigenvalue weighted by molar-refractivity contribution is 5.38. The maximum absolute atomic E-state index is 8.60. The third kappa shape index (κ3) is 3.47. The van der Waals surface area contributed by atoms with E-state index in [0.717, 1.165) is 19.3 Å². The SMILES string of the molecule is [N-]=[N+]=Nc1ccc(CCCCO)cc1. The highest BCUT2D eigenvalue weighted by atomic mass is 16.2. The molecule has 14 heavy (non-hydrogen) atoms. The van der Waals surface area contributed by atoms with Crippen molar-refractivity contribution in [3.63, 3.8) is 0 Å². The summed E-state index contributed by atoms with van der Waals surface area (Å²) >= 11 is 0. The Bertz CT molecular complexity index is 315. The van der Waals surface area contributed by atoms with Gasteiger partial charge >= 0.3 is 0 Å². The molecule has 0 atom stereocenters. The molecule has 0 heterocycles. The minimum atomic E-state index is 0.247. The zero-order valence-corrected chi connectivity index (χ0v) is 7.93. The highest BCUT2D eigenvalue weighted by Crippen LogP contribution is 2.14. The fourth-order valence-electron chi connectivity index (χ4n) is 1.22. The van der Waals surface area contributed by atoms with Crippen LogP contribution in [0.5, 0.6) is 0 Å². The van der Waals surface area contributed by atoms with E-state index in [4.69, 9.17) is 10.6 Å². The van der Waals surface area contributed by atoms with Crippen molar-refractivity contribution in [3.05, 3.63) is 40.3 Å². The molecule has 0 bridgehead atoms. The molecule has 0 spiro atoms. The lowest BCUT2D eigenvalue weighted by atomic mass is 10.1. The normalized spacial score (nSPS) is 9.50. The summed E-state index contributed by atoms with van der Waals surface area (Å²) in [6.45, 7) is 0.247. The summed E-state index contributed by atoms with van der Waals surface area (Å²) in [5.41, 5.74) is 10.0. The number of aliphatic hydroxyl groups excluding tert-OH is 1. The zero-order chi connectivity index (χ0) is 10.2. The van der Waals surface area contributed by atoms with Gasteiger partial charge in [0.1, 0.15) is 0 Å². The van der Waals surface area contributed by atoms with E-state index in [0.29, 0.717) is 5.69 Å². The summed E-state index contributed by atoms with van der Waals surface area (Å²) in [6, 6.07) is 7.49. The van der Waals surface area contributed by atoms with E-state index in [9.17, 15) is 0 Å². The van der Waals surface area contributed by atoms with Crippen LogP contribution < -0.4 is 0 Å². The number of azide groups is 1. The van der Waals surface area contributed by atoms with Crippen molar-refractivity contribution in [2.45, 2.75) is 19.3 Å². The van der Waals surface area contributed by atoms with Gasteiger partial charge in [0, 0.05) is 17.2 Å². The smallest absolute Gasteiger partial charge is 0.0431 e. The van der Waals surface area contributed by atoms with Crippen LogP contribution in [0, 0.1) is 0 Å². The number of hydrogen-bond donors (Lipinski definition) is 1.